The van der Waals surface area contributed by atoms with Crippen molar-refractivity contribution in [1.82, 2.24) is 9.97 Å². The van der Waals surface area contributed by atoms with E-state index in [4.69, 9.17) is 18.0 Å². The lowest BCUT2D eigenvalue weighted by Gasteiger charge is -2.24. The monoisotopic (exact) mass is 250 g/mol. The zero-order valence-corrected chi connectivity index (χ0v) is 11.1. The quantitative estimate of drug-likeness (QED) is 0.807. The summed E-state index contributed by atoms with van der Waals surface area (Å²) >= 11 is 4.94. The lowest BCUT2D eigenvalue weighted by molar-refractivity contribution is 0.772. The van der Waals surface area contributed by atoms with E-state index in [9.17, 15) is 0 Å². The number of aromatic nitrogens is 2. The van der Waals surface area contributed by atoms with Crippen LogP contribution in [-0.4, -0.2) is 27.5 Å². The van der Waals surface area contributed by atoms with Gasteiger partial charge in [-0.3, -0.25) is 4.98 Å². The number of aryl methyl sites for hydroxylation is 2. The third kappa shape index (κ3) is 3.12. The Morgan fingerprint density at radius 2 is 2.24 bits per heavy atom. The smallest absolute Gasteiger partial charge is 0.150 e. The topological polar surface area (TPSA) is 55.0 Å². The fourth-order valence-electron chi connectivity index (χ4n) is 1.88. The van der Waals surface area contributed by atoms with E-state index in [2.05, 4.69) is 14.9 Å². The molecular weight excluding hydrogens is 232 g/mol. The number of nitrogens with zero attached hydrogens (tertiary/aromatic N) is 3. The van der Waals surface area contributed by atoms with Crippen LogP contribution in [0.2, 0.25) is 0 Å². The first-order valence-corrected chi connectivity index (χ1v) is 6.34. The number of anilines is 1. The number of nitrogens with two attached hydrogens (primary N) is 1. The van der Waals surface area contributed by atoms with Crippen LogP contribution in [0.5, 0.6) is 0 Å². The highest BCUT2D eigenvalue weighted by Gasteiger charge is 2.30. The van der Waals surface area contributed by atoms with Gasteiger partial charge in [-0.15, -0.1) is 0 Å². The fourth-order valence-corrected chi connectivity index (χ4v) is 1.97. The Hall–Kier alpha value is -1.23. The Kier molecular flexibility index (Phi) is 3.57. The molecule has 0 unspecified atom stereocenters. The third-order valence-corrected chi connectivity index (χ3v) is 3.11. The first-order chi connectivity index (χ1) is 8.08. The number of rotatable bonds is 5. The summed E-state index contributed by atoms with van der Waals surface area (Å²) in [5, 5.41) is 0. The highest BCUT2D eigenvalue weighted by atomic mass is 32.1. The van der Waals surface area contributed by atoms with Crippen molar-refractivity contribution >= 4 is 23.0 Å². The van der Waals surface area contributed by atoms with E-state index in [1.807, 2.05) is 13.8 Å². The number of hydrogen-bond donors (Lipinski definition) is 1. The second-order valence-electron chi connectivity index (χ2n) is 4.56. The standard InChI is InChI=1S/C12H18N4S/c1-8-7-14-9(2)12(15-8)16(10-3-4-10)6-5-11(13)17/h7,10H,3-6H2,1-2H3,(H2,13,17). The molecule has 2 N–H and O–H groups in total. The van der Waals surface area contributed by atoms with Crippen LogP contribution >= 0.6 is 12.2 Å². The summed E-state index contributed by atoms with van der Waals surface area (Å²) in [6, 6.07) is 0.596. The van der Waals surface area contributed by atoms with Crippen molar-refractivity contribution in [2.45, 2.75) is 39.2 Å². The summed E-state index contributed by atoms with van der Waals surface area (Å²) < 4.78 is 0. The first-order valence-electron chi connectivity index (χ1n) is 5.93. The van der Waals surface area contributed by atoms with Crippen molar-refractivity contribution in [2.24, 2.45) is 5.73 Å². The fraction of sp³-hybridized carbons (Fsp3) is 0.583. The third-order valence-electron chi connectivity index (χ3n) is 2.91. The maximum atomic E-state index is 5.58. The van der Waals surface area contributed by atoms with Crippen LogP contribution in [0.15, 0.2) is 6.20 Å². The van der Waals surface area contributed by atoms with Crippen LogP contribution in [0.1, 0.15) is 30.7 Å². The Morgan fingerprint density at radius 3 is 2.82 bits per heavy atom. The van der Waals surface area contributed by atoms with Crippen molar-refractivity contribution < 1.29 is 0 Å². The highest BCUT2D eigenvalue weighted by Crippen LogP contribution is 2.31. The van der Waals surface area contributed by atoms with Crippen molar-refractivity contribution in [2.75, 3.05) is 11.4 Å². The van der Waals surface area contributed by atoms with E-state index < -0.39 is 0 Å². The van der Waals surface area contributed by atoms with E-state index in [0.717, 1.165) is 30.2 Å². The summed E-state index contributed by atoms with van der Waals surface area (Å²) in [4.78, 5) is 11.8. The molecule has 1 fully saturated rings. The lowest BCUT2D eigenvalue weighted by Crippen LogP contribution is -2.31. The minimum atomic E-state index is 0.564. The molecule has 92 valence electrons. The Morgan fingerprint density at radius 1 is 1.53 bits per heavy atom. The molecule has 0 bridgehead atoms. The Labute approximate surface area is 107 Å². The van der Waals surface area contributed by atoms with Crippen molar-refractivity contribution in [3.8, 4) is 0 Å². The van der Waals surface area contributed by atoms with Crippen LogP contribution in [0.3, 0.4) is 0 Å². The normalized spacial score (nSPS) is 14.7. The molecule has 1 aromatic rings. The Balaban J connectivity index is 2.19. The maximum absolute atomic E-state index is 5.58. The van der Waals surface area contributed by atoms with Gasteiger partial charge in [-0.1, -0.05) is 12.2 Å². The molecule has 1 aliphatic rings. The molecule has 0 atom stereocenters. The summed E-state index contributed by atoms with van der Waals surface area (Å²) in [7, 11) is 0. The van der Waals surface area contributed by atoms with Gasteiger partial charge in [-0.25, -0.2) is 4.98 Å². The van der Waals surface area contributed by atoms with Crippen molar-refractivity contribution in [1.29, 1.82) is 0 Å². The largest absolute Gasteiger partial charge is 0.393 e. The molecule has 2 rings (SSSR count). The lowest BCUT2D eigenvalue weighted by atomic mass is 10.3. The zero-order valence-electron chi connectivity index (χ0n) is 10.3. The van der Waals surface area contributed by atoms with E-state index in [-0.39, 0.29) is 0 Å². The number of hydrogen-bond acceptors (Lipinski definition) is 4. The SMILES string of the molecule is Cc1cnc(C)c(N(CCC(N)=S)C2CC2)n1. The molecule has 1 aromatic heterocycles. The summed E-state index contributed by atoms with van der Waals surface area (Å²) in [6.45, 7) is 4.81. The average molecular weight is 250 g/mol. The molecule has 0 aliphatic heterocycles. The van der Waals surface area contributed by atoms with Gasteiger partial charge in [0.2, 0.25) is 0 Å². The summed E-state index contributed by atoms with van der Waals surface area (Å²) in [5.74, 6) is 0.990. The average Bonchev–Trinajstić information content (AvgIpc) is 3.07. The van der Waals surface area contributed by atoms with Crippen LogP contribution in [0.4, 0.5) is 5.82 Å². The minimum Gasteiger partial charge on any atom is -0.393 e. The molecule has 4 nitrogen and oxygen atoms in total. The van der Waals surface area contributed by atoms with Crippen LogP contribution < -0.4 is 10.6 Å². The molecule has 0 saturated heterocycles. The summed E-state index contributed by atoms with van der Waals surface area (Å²) in [5.41, 5.74) is 7.50. The molecule has 1 aliphatic carbocycles. The van der Waals surface area contributed by atoms with Gasteiger partial charge in [0.05, 0.1) is 16.4 Å². The van der Waals surface area contributed by atoms with Crippen LogP contribution in [-0.2, 0) is 0 Å². The van der Waals surface area contributed by atoms with Gasteiger partial charge in [0, 0.05) is 25.2 Å². The van der Waals surface area contributed by atoms with Crippen LogP contribution in [0, 0.1) is 13.8 Å². The first kappa shape index (κ1) is 12.2. The molecule has 1 saturated carbocycles. The second kappa shape index (κ2) is 4.96. The molecule has 0 spiro atoms. The highest BCUT2D eigenvalue weighted by molar-refractivity contribution is 7.80. The predicted molar refractivity (Wildman–Crippen MR) is 73.3 cm³/mol. The van der Waals surface area contributed by atoms with Gasteiger partial charge in [-0.05, 0) is 26.7 Å². The summed E-state index contributed by atoms with van der Waals surface area (Å²) in [6.07, 6.45) is 5.00. The van der Waals surface area contributed by atoms with Gasteiger partial charge < -0.3 is 10.6 Å². The number of thiocarbonyl (C=S) groups is 1. The Bertz CT molecular complexity index is 429. The molecule has 0 radical (unpaired) electrons. The zero-order chi connectivity index (χ0) is 12.4. The van der Waals surface area contributed by atoms with E-state index in [1.165, 1.54) is 12.8 Å². The molecule has 5 heteroatoms. The second-order valence-corrected chi connectivity index (χ2v) is 5.09. The van der Waals surface area contributed by atoms with E-state index in [0.29, 0.717) is 11.0 Å². The van der Waals surface area contributed by atoms with E-state index in [1.54, 1.807) is 6.20 Å². The van der Waals surface area contributed by atoms with Gasteiger partial charge in [-0.2, -0.15) is 0 Å². The molecule has 0 aromatic carbocycles. The molecule has 0 amide bonds. The maximum Gasteiger partial charge on any atom is 0.150 e. The van der Waals surface area contributed by atoms with Crippen molar-refractivity contribution in [3.63, 3.8) is 0 Å². The van der Waals surface area contributed by atoms with Gasteiger partial charge >= 0.3 is 0 Å². The van der Waals surface area contributed by atoms with Crippen molar-refractivity contribution in [3.05, 3.63) is 17.6 Å². The molecule has 17 heavy (non-hydrogen) atoms. The van der Waals surface area contributed by atoms with Gasteiger partial charge in [0.25, 0.3) is 0 Å². The molecular formula is C12H18N4S. The molecule has 1 heterocycles. The van der Waals surface area contributed by atoms with Gasteiger partial charge in [0.15, 0.2) is 5.82 Å². The van der Waals surface area contributed by atoms with Crippen LogP contribution in [0.25, 0.3) is 0 Å². The van der Waals surface area contributed by atoms with Gasteiger partial charge in [0.1, 0.15) is 0 Å². The van der Waals surface area contributed by atoms with E-state index >= 15 is 0 Å². The minimum absolute atomic E-state index is 0.564. The predicted octanol–water partition coefficient (Wildman–Crippen LogP) is 1.74.